The minimum absolute atomic E-state index is 0.375. The van der Waals surface area contributed by atoms with Gasteiger partial charge in [0, 0.05) is 6.08 Å². The molecule has 1 saturated carbocycles. The molecule has 1 N–H and O–H groups in total. The molecule has 0 amide bonds. The SMILES string of the molecule is O=C(O)/C=C/C1CC(c2cccc(Oc3ccccc3)c2)C1. The van der Waals surface area contributed by atoms with Crippen molar-refractivity contribution in [3.63, 3.8) is 0 Å². The summed E-state index contributed by atoms with van der Waals surface area (Å²) in [6, 6.07) is 17.9. The summed E-state index contributed by atoms with van der Waals surface area (Å²) in [6.07, 6.45) is 5.04. The van der Waals surface area contributed by atoms with Crippen LogP contribution < -0.4 is 4.74 Å². The van der Waals surface area contributed by atoms with E-state index >= 15 is 0 Å². The number of benzene rings is 2. The third kappa shape index (κ3) is 3.55. The fourth-order valence-corrected chi connectivity index (χ4v) is 2.77. The quantitative estimate of drug-likeness (QED) is 0.819. The number of hydrogen-bond acceptors (Lipinski definition) is 2. The van der Waals surface area contributed by atoms with Crippen LogP contribution >= 0.6 is 0 Å². The third-order valence-electron chi connectivity index (χ3n) is 3.99. The van der Waals surface area contributed by atoms with Crippen LogP contribution in [0.5, 0.6) is 11.5 Å². The number of carboxylic acids is 1. The van der Waals surface area contributed by atoms with Crippen molar-refractivity contribution in [2.45, 2.75) is 18.8 Å². The van der Waals surface area contributed by atoms with Crippen molar-refractivity contribution in [1.82, 2.24) is 0 Å². The standard InChI is InChI=1S/C19H18O3/c20-19(21)10-9-14-11-16(12-14)15-5-4-8-18(13-15)22-17-6-2-1-3-7-17/h1-10,13-14,16H,11-12H2,(H,20,21)/b10-9+. The van der Waals surface area contributed by atoms with Crippen LogP contribution in [0, 0.1) is 5.92 Å². The molecule has 3 heteroatoms. The van der Waals surface area contributed by atoms with E-state index in [1.54, 1.807) is 6.08 Å². The summed E-state index contributed by atoms with van der Waals surface area (Å²) in [7, 11) is 0. The number of aliphatic carboxylic acids is 1. The van der Waals surface area contributed by atoms with Gasteiger partial charge in [0.1, 0.15) is 11.5 Å². The fraction of sp³-hybridized carbons (Fsp3) is 0.211. The lowest BCUT2D eigenvalue weighted by atomic mass is 9.71. The van der Waals surface area contributed by atoms with E-state index in [0.717, 1.165) is 24.3 Å². The van der Waals surface area contributed by atoms with Gasteiger partial charge in [-0.2, -0.15) is 0 Å². The molecule has 1 fully saturated rings. The average molecular weight is 294 g/mol. The molecule has 0 aliphatic heterocycles. The molecule has 2 aromatic carbocycles. The Bertz CT molecular complexity index is 670. The van der Waals surface area contributed by atoms with Crippen molar-refractivity contribution >= 4 is 5.97 Å². The van der Waals surface area contributed by atoms with E-state index in [1.165, 1.54) is 11.6 Å². The molecule has 1 aliphatic carbocycles. The molecule has 0 spiro atoms. The molecule has 0 radical (unpaired) electrons. The lowest BCUT2D eigenvalue weighted by Crippen LogP contribution is -2.20. The highest BCUT2D eigenvalue weighted by molar-refractivity contribution is 5.79. The highest BCUT2D eigenvalue weighted by Gasteiger charge is 2.28. The molecule has 0 atom stereocenters. The summed E-state index contributed by atoms with van der Waals surface area (Å²) >= 11 is 0. The van der Waals surface area contributed by atoms with Crippen LogP contribution in [-0.4, -0.2) is 11.1 Å². The first-order valence-corrected chi connectivity index (χ1v) is 7.45. The summed E-state index contributed by atoms with van der Waals surface area (Å²) < 4.78 is 5.85. The first-order chi connectivity index (χ1) is 10.7. The van der Waals surface area contributed by atoms with Gasteiger partial charge in [-0.05, 0) is 54.5 Å². The Morgan fingerprint density at radius 1 is 1.05 bits per heavy atom. The predicted molar refractivity (Wildman–Crippen MR) is 85.2 cm³/mol. The molecule has 112 valence electrons. The van der Waals surface area contributed by atoms with E-state index in [1.807, 2.05) is 42.5 Å². The molecule has 3 nitrogen and oxygen atoms in total. The van der Waals surface area contributed by atoms with Gasteiger partial charge in [0.25, 0.3) is 0 Å². The van der Waals surface area contributed by atoms with Gasteiger partial charge in [0.15, 0.2) is 0 Å². The van der Waals surface area contributed by atoms with Crippen molar-refractivity contribution in [2.24, 2.45) is 5.92 Å². The van der Waals surface area contributed by atoms with Gasteiger partial charge < -0.3 is 9.84 Å². The Hall–Kier alpha value is -2.55. The Morgan fingerprint density at radius 3 is 2.50 bits per heavy atom. The number of hydrogen-bond donors (Lipinski definition) is 1. The van der Waals surface area contributed by atoms with E-state index in [0.29, 0.717) is 11.8 Å². The van der Waals surface area contributed by atoms with Gasteiger partial charge in [-0.1, -0.05) is 36.4 Å². The molecule has 2 aromatic rings. The summed E-state index contributed by atoms with van der Waals surface area (Å²) in [5, 5.41) is 8.64. The normalized spacial score (nSPS) is 20.5. The number of ether oxygens (including phenoxy) is 1. The first kappa shape index (κ1) is 14.4. The second-order valence-electron chi connectivity index (χ2n) is 5.61. The zero-order valence-electron chi connectivity index (χ0n) is 12.2. The van der Waals surface area contributed by atoms with Crippen molar-refractivity contribution in [3.8, 4) is 11.5 Å². The highest BCUT2D eigenvalue weighted by atomic mass is 16.5. The van der Waals surface area contributed by atoms with Crippen LogP contribution in [0.2, 0.25) is 0 Å². The minimum atomic E-state index is -0.873. The molecule has 1 aliphatic rings. The lowest BCUT2D eigenvalue weighted by Gasteiger charge is -2.33. The van der Waals surface area contributed by atoms with Crippen LogP contribution in [0.15, 0.2) is 66.7 Å². The molecule has 0 saturated heterocycles. The zero-order valence-corrected chi connectivity index (χ0v) is 12.2. The molecule has 0 heterocycles. The van der Waals surface area contributed by atoms with Gasteiger partial charge in [-0.25, -0.2) is 4.79 Å². The van der Waals surface area contributed by atoms with Crippen molar-refractivity contribution < 1.29 is 14.6 Å². The van der Waals surface area contributed by atoms with E-state index in [2.05, 4.69) is 12.1 Å². The number of para-hydroxylation sites is 1. The highest BCUT2D eigenvalue weighted by Crippen LogP contribution is 2.43. The summed E-state index contributed by atoms with van der Waals surface area (Å²) in [4.78, 5) is 10.5. The Morgan fingerprint density at radius 2 is 1.77 bits per heavy atom. The van der Waals surface area contributed by atoms with Crippen LogP contribution in [0.3, 0.4) is 0 Å². The third-order valence-corrected chi connectivity index (χ3v) is 3.99. The second kappa shape index (κ2) is 6.48. The van der Waals surface area contributed by atoms with Crippen LogP contribution in [0.4, 0.5) is 0 Å². The summed E-state index contributed by atoms with van der Waals surface area (Å²) in [6.45, 7) is 0. The second-order valence-corrected chi connectivity index (χ2v) is 5.61. The first-order valence-electron chi connectivity index (χ1n) is 7.45. The predicted octanol–water partition coefficient (Wildman–Crippen LogP) is 4.61. The summed E-state index contributed by atoms with van der Waals surface area (Å²) in [5.41, 5.74) is 1.26. The largest absolute Gasteiger partial charge is 0.478 e. The molecule has 3 rings (SSSR count). The smallest absolute Gasteiger partial charge is 0.327 e. The van der Waals surface area contributed by atoms with Gasteiger partial charge in [-0.3, -0.25) is 0 Å². The maximum atomic E-state index is 10.5. The Kier molecular flexibility index (Phi) is 4.24. The van der Waals surface area contributed by atoms with Crippen LogP contribution in [-0.2, 0) is 4.79 Å². The number of carbonyl (C=O) groups is 1. The average Bonchev–Trinajstić information content (AvgIpc) is 2.47. The molecular weight excluding hydrogens is 276 g/mol. The molecule has 0 bridgehead atoms. The molecule has 0 aromatic heterocycles. The van der Waals surface area contributed by atoms with Gasteiger partial charge >= 0.3 is 5.97 Å². The number of rotatable bonds is 5. The van der Waals surface area contributed by atoms with E-state index in [9.17, 15) is 4.79 Å². The Balaban J connectivity index is 1.62. The van der Waals surface area contributed by atoms with E-state index < -0.39 is 5.97 Å². The molecule has 22 heavy (non-hydrogen) atoms. The van der Waals surface area contributed by atoms with Gasteiger partial charge in [0.05, 0.1) is 0 Å². The topological polar surface area (TPSA) is 46.5 Å². The van der Waals surface area contributed by atoms with Gasteiger partial charge in [-0.15, -0.1) is 0 Å². The monoisotopic (exact) mass is 294 g/mol. The van der Waals surface area contributed by atoms with Crippen molar-refractivity contribution in [2.75, 3.05) is 0 Å². The van der Waals surface area contributed by atoms with Crippen LogP contribution in [0.1, 0.15) is 24.3 Å². The van der Waals surface area contributed by atoms with E-state index in [-0.39, 0.29) is 0 Å². The Labute approximate surface area is 129 Å². The molecule has 0 unspecified atom stereocenters. The zero-order chi connectivity index (χ0) is 15.4. The molecular formula is C19H18O3. The minimum Gasteiger partial charge on any atom is -0.478 e. The van der Waals surface area contributed by atoms with Crippen LogP contribution in [0.25, 0.3) is 0 Å². The lowest BCUT2D eigenvalue weighted by molar-refractivity contribution is -0.131. The van der Waals surface area contributed by atoms with Gasteiger partial charge in [0.2, 0.25) is 0 Å². The van der Waals surface area contributed by atoms with Crippen molar-refractivity contribution in [1.29, 1.82) is 0 Å². The summed E-state index contributed by atoms with van der Waals surface area (Å²) in [5.74, 6) is 1.66. The van der Waals surface area contributed by atoms with Crippen molar-refractivity contribution in [3.05, 3.63) is 72.3 Å². The fourth-order valence-electron chi connectivity index (χ4n) is 2.77. The van der Waals surface area contributed by atoms with E-state index in [4.69, 9.17) is 9.84 Å². The number of allylic oxidation sites excluding steroid dienone is 1. The number of carboxylic acid groups (broad SMARTS) is 1. The maximum Gasteiger partial charge on any atom is 0.327 e. The maximum absolute atomic E-state index is 10.5.